The summed E-state index contributed by atoms with van der Waals surface area (Å²) >= 11 is 7.44. The number of benzene rings is 1. The highest BCUT2D eigenvalue weighted by Gasteiger charge is 2.13. The largest absolute Gasteiger partial charge is 0.493 e. The van der Waals surface area contributed by atoms with Crippen LogP contribution >= 0.6 is 22.9 Å². The Morgan fingerprint density at radius 3 is 2.96 bits per heavy atom. The Balaban J connectivity index is 2.23. The van der Waals surface area contributed by atoms with Gasteiger partial charge in [0.15, 0.2) is 18.1 Å². The normalized spacial score (nSPS) is 10.7. The minimum Gasteiger partial charge on any atom is -0.493 e. The molecule has 0 aliphatic heterocycles. The lowest BCUT2D eigenvalue weighted by atomic mass is 10.2. The zero-order valence-corrected chi connectivity index (χ0v) is 13.9. The van der Waals surface area contributed by atoms with Crippen molar-refractivity contribution in [2.24, 2.45) is 5.10 Å². The summed E-state index contributed by atoms with van der Waals surface area (Å²) in [5.41, 5.74) is 4.16. The van der Waals surface area contributed by atoms with Gasteiger partial charge in [0.25, 0.3) is 0 Å². The van der Waals surface area contributed by atoms with Gasteiger partial charge in [-0.1, -0.05) is 11.6 Å². The first-order chi connectivity index (χ1) is 11.0. The third-order valence-corrected chi connectivity index (χ3v) is 3.67. The lowest BCUT2D eigenvalue weighted by Crippen LogP contribution is -2.11. The van der Waals surface area contributed by atoms with E-state index >= 15 is 0 Å². The molecule has 0 bridgehead atoms. The Bertz CT molecular complexity index is 733. The van der Waals surface area contributed by atoms with Crippen LogP contribution in [-0.2, 0) is 4.79 Å². The lowest BCUT2D eigenvalue weighted by Gasteiger charge is -2.12. The monoisotopic (exact) mass is 355 g/mol. The third kappa shape index (κ3) is 4.83. The average Bonchev–Trinajstić information content (AvgIpc) is 2.91. The van der Waals surface area contributed by atoms with Crippen LogP contribution in [0.4, 0.5) is 5.13 Å². The van der Waals surface area contributed by atoms with Crippen LogP contribution in [-0.4, -0.2) is 36.0 Å². The molecule has 0 radical (unpaired) electrons. The van der Waals surface area contributed by atoms with Gasteiger partial charge in [0.1, 0.15) is 0 Å². The fourth-order valence-corrected chi connectivity index (χ4v) is 2.54. The number of carboxylic acids is 1. The number of carboxylic acid groups (broad SMARTS) is 1. The summed E-state index contributed by atoms with van der Waals surface area (Å²) in [6.45, 7) is 1.38. The number of rotatable bonds is 7. The Labute approximate surface area is 141 Å². The summed E-state index contributed by atoms with van der Waals surface area (Å²) < 4.78 is 10.4. The molecule has 0 saturated heterocycles. The van der Waals surface area contributed by atoms with Crippen molar-refractivity contribution < 1.29 is 19.4 Å². The maximum absolute atomic E-state index is 10.7. The first kappa shape index (κ1) is 17.0. The van der Waals surface area contributed by atoms with Crippen LogP contribution in [0, 0.1) is 6.92 Å². The van der Waals surface area contributed by atoms with Crippen LogP contribution < -0.4 is 14.9 Å². The smallest absolute Gasteiger partial charge is 0.341 e. The van der Waals surface area contributed by atoms with E-state index in [1.54, 1.807) is 6.07 Å². The fraction of sp³-hybridized carbons (Fsp3) is 0.214. The molecule has 7 nitrogen and oxygen atoms in total. The highest BCUT2D eigenvalue weighted by molar-refractivity contribution is 7.13. The first-order valence-corrected chi connectivity index (χ1v) is 7.68. The van der Waals surface area contributed by atoms with Gasteiger partial charge in [0.05, 0.1) is 19.0 Å². The maximum atomic E-state index is 10.7. The van der Waals surface area contributed by atoms with Gasteiger partial charge in [-0.3, -0.25) is 5.43 Å². The van der Waals surface area contributed by atoms with Crippen molar-refractivity contribution in [2.75, 3.05) is 19.1 Å². The molecule has 0 aliphatic rings. The second kappa shape index (κ2) is 7.80. The molecule has 2 rings (SSSR count). The maximum Gasteiger partial charge on any atom is 0.341 e. The molecule has 1 aromatic heterocycles. The summed E-state index contributed by atoms with van der Waals surface area (Å²) in [6, 6.07) is 3.13. The van der Waals surface area contributed by atoms with Crippen molar-refractivity contribution in [2.45, 2.75) is 6.92 Å². The van der Waals surface area contributed by atoms with Gasteiger partial charge in [-0.2, -0.15) is 5.10 Å². The Morgan fingerprint density at radius 1 is 1.57 bits per heavy atom. The predicted octanol–water partition coefficient (Wildman–Crippen LogP) is 3.02. The van der Waals surface area contributed by atoms with Crippen molar-refractivity contribution >= 4 is 40.3 Å². The van der Waals surface area contributed by atoms with Crippen molar-refractivity contribution in [1.29, 1.82) is 0 Å². The van der Waals surface area contributed by atoms with Crippen molar-refractivity contribution in [3.63, 3.8) is 0 Å². The molecular weight excluding hydrogens is 342 g/mol. The number of ether oxygens (including phenoxy) is 2. The third-order valence-electron chi connectivity index (χ3n) is 2.59. The molecule has 0 fully saturated rings. The number of methoxy groups -OCH3 is 1. The van der Waals surface area contributed by atoms with E-state index in [1.807, 2.05) is 12.3 Å². The number of thiazole rings is 1. The number of halogens is 1. The molecule has 1 heterocycles. The Morgan fingerprint density at radius 2 is 2.35 bits per heavy atom. The number of aryl methyl sites for hydroxylation is 1. The topological polar surface area (TPSA) is 93.0 Å². The molecule has 2 N–H and O–H groups in total. The van der Waals surface area contributed by atoms with E-state index in [0.717, 1.165) is 5.69 Å². The number of hydrogen-bond donors (Lipinski definition) is 2. The van der Waals surface area contributed by atoms with Gasteiger partial charge in [-0.15, -0.1) is 11.3 Å². The lowest BCUT2D eigenvalue weighted by molar-refractivity contribution is -0.139. The molecule has 0 amide bonds. The average molecular weight is 356 g/mol. The highest BCUT2D eigenvalue weighted by Crippen LogP contribution is 2.34. The fourth-order valence-electron chi connectivity index (χ4n) is 1.69. The summed E-state index contributed by atoms with van der Waals surface area (Å²) in [4.78, 5) is 14.9. The van der Waals surface area contributed by atoms with Crippen molar-refractivity contribution in [3.05, 3.63) is 33.8 Å². The van der Waals surface area contributed by atoms with Gasteiger partial charge >= 0.3 is 5.97 Å². The zero-order valence-electron chi connectivity index (χ0n) is 12.4. The van der Waals surface area contributed by atoms with Gasteiger partial charge in [0.2, 0.25) is 5.13 Å². The van der Waals surface area contributed by atoms with E-state index < -0.39 is 12.6 Å². The van der Waals surface area contributed by atoms with Crippen LogP contribution in [0.1, 0.15) is 11.3 Å². The van der Waals surface area contributed by atoms with Gasteiger partial charge in [-0.25, -0.2) is 9.78 Å². The quantitative estimate of drug-likeness (QED) is 0.585. The first-order valence-electron chi connectivity index (χ1n) is 6.43. The second-order valence-electron chi connectivity index (χ2n) is 4.37. The molecule has 122 valence electrons. The number of aromatic nitrogens is 1. The van der Waals surface area contributed by atoms with Gasteiger partial charge < -0.3 is 14.6 Å². The minimum absolute atomic E-state index is 0.250. The van der Waals surface area contributed by atoms with E-state index in [9.17, 15) is 4.79 Å². The number of carbonyl (C=O) groups is 1. The summed E-state index contributed by atoms with van der Waals surface area (Å²) in [5, 5.41) is 15.8. The molecule has 9 heteroatoms. The molecule has 23 heavy (non-hydrogen) atoms. The number of hydrazone groups is 1. The zero-order chi connectivity index (χ0) is 16.8. The van der Waals surface area contributed by atoms with Crippen LogP contribution in [0.5, 0.6) is 11.5 Å². The number of nitrogens with zero attached hydrogens (tertiary/aromatic N) is 2. The van der Waals surface area contributed by atoms with Crippen LogP contribution in [0.25, 0.3) is 0 Å². The number of hydrogen-bond acceptors (Lipinski definition) is 7. The van der Waals surface area contributed by atoms with Crippen LogP contribution in [0.3, 0.4) is 0 Å². The van der Waals surface area contributed by atoms with Crippen LogP contribution in [0.2, 0.25) is 5.02 Å². The SMILES string of the molecule is COc1cc(Cl)cc(C=NNc2nc(C)cs2)c1OCC(=O)O. The predicted molar refractivity (Wildman–Crippen MR) is 89.2 cm³/mol. The molecule has 1 aromatic carbocycles. The Hall–Kier alpha value is -2.32. The van der Waals surface area contributed by atoms with Crippen LogP contribution in [0.15, 0.2) is 22.6 Å². The molecule has 0 aliphatic carbocycles. The van der Waals surface area contributed by atoms with Crippen molar-refractivity contribution in [1.82, 2.24) is 4.98 Å². The van der Waals surface area contributed by atoms with E-state index in [4.69, 9.17) is 26.2 Å². The van der Waals surface area contributed by atoms with E-state index in [-0.39, 0.29) is 5.75 Å². The molecular formula is C14H14ClN3O4S. The molecule has 0 atom stereocenters. The van der Waals surface area contributed by atoms with Crippen molar-refractivity contribution in [3.8, 4) is 11.5 Å². The number of nitrogens with one attached hydrogen (secondary N) is 1. The number of aliphatic carboxylic acids is 1. The minimum atomic E-state index is -1.10. The summed E-state index contributed by atoms with van der Waals surface area (Å²) in [7, 11) is 1.44. The van der Waals surface area contributed by atoms with E-state index in [1.165, 1.54) is 30.7 Å². The number of anilines is 1. The molecule has 2 aromatic rings. The van der Waals surface area contributed by atoms with E-state index in [0.29, 0.717) is 21.5 Å². The molecule has 0 unspecified atom stereocenters. The Kier molecular flexibility index (Phi) is 5.78. The van der Waals surface area contributed by atoms with Gasteiger partial charge in [0, 0.05) is 22.0 Å². The molecule has 0 saturated carbocycles. The summed E-state index contributed by atoms with van der Waals surface area (Å²) in [5.74, 6) is -0.522. The van der Waals surface area contributed by atoms with Gasteiger partial charge in [-0.05, 0) is 13.0 Å². The standard InChI is InChI=1S/C14H14ClN3O4S/c1-8-7-23-14(17-8)18-16-5-9-3-10(15)4-11(21-2)13(9)22-6-12(19)20/h3-5,7H,6H2,1-2H3,(H,17,18)(H,19,20). The second-order valence-corrected chi connectivity index (χ2v) is 5.67. The highest BCUT2D eigenvalue weighted by atomic mass is 35.5. The van der Waals surface area contributed by atoms with E-state index in [2.05, 4.69) is 15.5 Å². The molecule has 0 spiro atoms. The summed E-state index contributed by atoms with van der Waals surface area (Å²) in [6.07, 6.45) is 1.46.